The standard InChI is InChI=1S/C14H10N2O3/c17-9-2-3-10-11(5-9)12(7-16-14(10)19)8-1-4-13(18)15-6-8/h1-7,17H,(H,15,18)(H,16,19). The van der Waals surface area contributed by atoms with Crippen LogP contribution >= 0.6 is 0 Å². The van der Waals surface area contributed by atoms with Crippen molar-refractivity contribution in [2.45, 2.75) is 0 Å². The highest BCUT2D eigenvalue weighted by atomic mass is 16.3. The first kappa shape index (κ1) is 11.3. The Morgan fingerprint density at radius 1 is 0.895 bits per heavy atom. The average Bonchev–Trinajstić information content (AvgIpc) is 2.40. The summed E-state index contributed by atoms with van der Waals surface area (Å²) in [5.41, 5.74) is 1.08. The molecule has 0 saturated heterocycles. The topological polar surface area (TPSA) is 85.9 Å². The summed E-state index contributed by atoms with van der Waals surface area (Å²) in [4.78, 5) is 28.0. The van der Waals surface area contributed by atoms with E-state index in [2.05, 4.69) is 9.97 Å². The van der Waals surface area contributed by atoms with Gasteiger partial charge in [0.1, 0.15) is 5.75 Å². The molecule has 3 rings (SSSR count). The van der Waals surface area contributed by atoms with Crippen molar-refractivity contribution in [1.29, 1.82) is 0 Å². The number of aromatic amines is 2. The van der Waals surface area contributed by atoms with Crippen molar-refractivity contribution in [3.05, 3.63) is 63.4 Å². The van der Waals surface area contributed by atoms with E-state index in [4.69, 9.17) is 0 Å². The van der Waals surface area contributed by atoms with Crippen LogP contribution in [-0.4, -0.2) is 15.1 Å². The van der Waals surface area contributed by atoms with Crippen molar-refractivity contribution in [3.63, 3.8) is 0 Å². The first-order valence-electron chi connectivity index (χ1n) is 5.69. The van der Waals surface area contributed by atoms with Crippen LogP contribution in [0.4, 0.5) is 0 Å². The smallest absolute Gasteiger partial charge is 0.255 e. The Labute approximate surface area is 107 Å². The van der Waals surface area contributed by atoms with E-state index in [-0.39, 0.29) is 16.9 Å². The largest absolute Gasteiger partial charge is 0.508 e. The molecule has 0 bridgehead atoms. The highest BCUT2D eigenvalue weighted by Crippen LogP contribution is 2.27. The fourth-order valence-corrected chi connectivity index (χ4v) is 2.06. The Kier molecular flexibility index (Phi) is 2.45. The third-order valence-electron chi connectivity index (χ3n) is 2.98. The molecule has 3 N–H and O–H groups in total. The van der Waals surface area contributed by atoms with Crippen LogP contribution < -0.4 is 11.1 Å². The lowest BCUT2D eigenvalue weighted by molar-refractivity contribution is 0.476. The van der Waals surface area contributed by atoms with Gasteiger partial charge in [-0.15, -0.1) is 0 Å². The number of fused-ring (bicyclic) bond motifs is 1. The van der Waals surface area contributed by atoms with Crippen LogP contribution in [0.15, 0.2) is 52.3 Å². The minimum atomic E-state index is -0.219. The van der Waals surface area contributed by atoms with Gasteiger partial charge in [-0.1, -0.05) is 0 Å². The van der Waals surface area contributed by atoms with Crippen molar-refractivity contribution in [2.24, 2.45) is 0 Å². The zero-order valence-electron chi connectivity index (χ0n) is 9.81. The molecule has 5 nitrogen and oxygen atoms in total. The number of aromatic nitrogens is 2. The number of aromatic hydroxyl groups is 1. The zero-order valence-corrected chi connectivity index (χ0v) is 9.81. The second-order valence-corrected chi connectivity index (χ2v) is 4.20. The Morgan fingerprint density at radius 2 is 1.74 bits per heavy atom. The van der Waals surface area contributed by atoms with Crippen LogP contribution in [0, 0.1) is 0 Å². The summed E-state index contributed by atoms with van der Waals surface area (Å²) in [6.07, 6.45) is 3.14. The lowest BCUT2D eigenvalue weighted by atomic mass is 10.0. The average molecular weight is 254 g/mol. The fourth-order valence-electron chi connectivity index (χ4n) is 2.06. The molecule has 94 valence electrons. The molecule has 5 heteroatoms. The monoisotopic (exact) mass is 254 g/mol. The van der Waals surface area contributed by atoms with Gasteiger partial charge in [0.2, 0.25) is 5.56 Å². The normalized spacial score (nSPS) is 10.7. The summed E-state index contributed by atoms with van der Waals surface area (Å²) in [6, 6.07) is 7.64. The zero-order chi connectivity index (χ0) is 13.4. The Balaban J connectivity index is 2.38. The highest BCUT2D eigenvalue weighted by Gasteiger charge is 2.07. The molecular weight excluding hydrogens is 244 g/mol. The molecule has 0 amide bonds. The van der Waals surface area contributed by atoms with Crippen LogP contribution in [0.5, 0.6) is 5.75 Å². The molecule has 0 aliphatic rings. The van der Waals surface area contributed by atoms with Crippen LogP contribution in [0.25, 0.3) is 21.9 Å². The fraction of sp³-hybridized carbons (Fsp3) is 0. The maximum atomic E-state index is 11.7. The molecule has 2 heterocycles. The van der Waals surface area contributed by atoms with Gasteiger partial charge in [-0.2, -0.15) is 0 Å². The molecule has 0 aliphatic carbocycles. The van der Waals surface area contributed by atoms with Crippen LogP contribution in [-0.2, 0) is 0 Å². The Morgan fingerprint density at radius 3 is 2.47 bits per heavy atom. The number of nitrogens with one attached hydrogen (secondary N) is 2. The summed E-state index contributed by atoms with van der Waals surface area (Å²) in [6.45, 7) is 0. The summed E-state index contributed by atoms with van der Waals surface area (Å²) in [7, 11) is 0. The van der Waals surface area contributed by atoms with Gasteiger partial charge in [0.25, 0.3) is 5.56 Å². The molecule has 0 atom stereocenters. The van der Waals surface area contributed by atoms with Crippen LogP contribution in [0.2, 0.25) is 0 Å². The molecule has 0 fully saturated rings. The molecule has 0 spiro atoms. The summed E-state index contributed by atoms with van der Waals surface area (Å²) in [5, 5.41) is 10.7. The number of phenolic OH excluding ortho intramolecular Hbond substituents is 1. The number of H-pyrrole nitrogens is 2. The third-order valence-corrected chi connectivity index (χ3v) is 2.98. The van der Waals surface area contributed by atoms with Crippen LogP contribution in [0.1, 0.15) is 0 Å². The lowest BCUT2D eigenvalue weighted by Crippen LogP contribution is -2.06. The predicted octanol–water partition coefficient (Wildman–Crippen LogP) is 1.59. The number of hydrogen-bond acceptors (Lipinski definition) is 3. The van der Waals surface area contributed by atoms with E-state index in [0.717, 1.165) is 11.1 Å². The first-order chi connectivity index (χ1) is 9.15. The molecule has 2 aromatic heterocycles. The lowest BCUT2D eigenvalue weighted by Gasteiger charge is -2.06. The van der Waals surface area contributed by atoms with Gasteiger partial charge in [0.05, 0.1) is 0 Å². The number of rotatable bonds is 1. The predicted molar refractivity (Wildman–Crippen MR) is 72.3 cm³/mol. The number of phenols is 1. The molecule has 0 aliphatic heterocycles. The molecular formula is C14H10N2O3. The summed E-state index contributed by atoms with van der Waals surface area (Å²) >= 11 is 0. The van der Waals surface area contributed by atoms with E-state index in [1.165, 1.54) is 18.2 Å². The highest BCUT2D eigenvalue weighted by molar-refractivity contribution is 5.96. The molecule has 0 saturated carbocycles. The summed E-state index contributed by atoms with van der Waals surface area (Å²) < 4.78 is 0. The van der Waals surface area contributed by atoms with Gasteiger partial charge in [-0.3, -0.25) is 9.59 Å². The minimum absolute atomic E-state index is 0.0868. The molecule has 0 unspecified atom stereocenters. The minimum Gasteiger partial charge on any atom is -0.508 e. The van der Waals surface area contributed by atoms with Gasteiger partial charge in [-0.05, 0) is 24.3 Å². The van der Waals surface area contributed by atoms with Gasteiger partial charge in [0, 0.05) is 40.4 Å². The van der Waals surface area contributed by atoms with Gasteiger partial charge < -0.3 is 15.1 Å². The van der Waals surface area contributed by atoms with E-state index in [1.54, 1.807) is 24.5 Å². The van der Waals surface area contributed by atoms with Crippen LogP contribution in [0.3, 0.4) is 0 Å². The Bertz CT molecular complexity index is 857. The van der Waals surface area contributed by atoms with Gasteiger partial charge in [0.15, 0.2) is 0 Å². The van der Waals surface area contributed by atoms with E-state index in [1.807, 2.05) is 0 Å². The van der Waals surface area contributed by atoms with Crippen molar-refractivity contribution < 1.29 is 5.11 Å². The van der Waals surface area contributed by atoms with E-state index < -0.39 is 0 Å². The SMILES string of the molecule is O=c1ccc(-c2c[nH]c(=O)c3ccc(O)cc23)c[nH]1. The third kappa shape index (κ3) is 1.91. The Hall–Kier alpha value is -2.82. The van der Waals surface area contributed by atoms with Gasteiger partial charge in [-0.25, -0.2) is 0 Å². The first-order valence-corrected chi connectivity index (χ1v) is 5.69. The number of benzene rings is 1. The van der Waals surface area contributed by atoms with Crippen molar-refractivity contribution in [2.75, 3.05) is 0 Å². The maximum Gasteiger partial charge on any atom is 0.255 e. The molecule has 0 radical (unpaired) electrons. The van der Waals surface area contributed by atoms with Crippen molar-refractivity contribution in [3.8, 4) is 16.9 Å². The second kappa shape index (κ2) is 4.13. The summed E-state index contributed by atoms with van der Waals surface area (Å²) in [5.74, 6) is 0.0868. The number of hydrogen-bond donors (Lipinski definition) is 3. The van der Waals surface area contributed by atoms with Crippen molar-refractivity contribution in [1.82, 2.24) is 9.97 Å². The maximum absolute atomic E-state index is 11.7. The van der Waals surface area contributed by atoms with Crippen molar-refractivity contribution >= 4 is 10.8 Å². The second-order valence-electron chi connectivity index (χ2n) is 4.20. The quantitative estimate of drug-likeness (QED) is 0.616. The van der Waals surface area contributed by atoms with E-state index in [9.17, 15) is 14.7 Å². The number of pyridine rings is 2. The van der Waals surface area contributed by atoms with E-state index >= 15 is 0 Å². The molecule has 1 aromatic carbocycles. The van der Waals surface area contributed by atoms with Gasteiger partial charge >= 0.3 is 0 Å². The molecule has 19 heavy (non-hydrogen) atoms. The molecule has 3 aromatic rings. The van der Waals surface area contributed by atoms with E-state index in [0.29, 0.717) is 10.8 Å².